The van der Waals surface area contributed by atoms with Gasteiger partial charge in [-0.15, -0.1) is 11.3 Å². The lowest BCUT2D eigenvalue weighted by atomic mass is 10.2. The topological polar surface area (TPSA) is 23.6 Å². The molecular formula is C17H30N2OS. The first kappa shape index (κ1) is 18.2. The zero-order valence-corrected chi connectivity index (χ0v) is 14.6. The summed E-state index contributed by atoms with van der Waals surface area (Å²) in [5, 5.41) is 2.10. The molecule has 0 aromatic carbocycles. The Morgan fingerprint density at radius 2 is 1.86 bits per heavy atom. The molecule has 0 bridgehead atoms. The van der Waals surface area contributed by atoms with Crippen LogP contribution in [-0.4, -0.2) is 48.4 Å². The average Bonchev–Trinajstić information content (AvgIpc) is 3.01. The van der Waals surface area contributed by atoms with E-state index >= 15 is 0 Å². The van der Waals surface area contributed by atoms with Crippen LogP contribution < -0.4 is 0 Å². The van der Waals surface area contributed by atoms with Crippen LogP contribution in [0.5, 0.6) is 0 Å². The number of rotatable bonds is 11. The van der Waals surface area contributed by atoms with Crippen molar-refractivity contribution >= 4 is 17.2 Å². The van der Waals surface area contributed by atoms with Gasteiger partial charge >= 0.3 is 0 Å². The standard InChI is InChI=1S/C17H30N2OS/c1-4-18(5-2)13-9-14-19(6-3)17(20)12-7-10-16-11-8-15-21-16/h8,11,15H,4-7,9-10,12-14H2,1-3H3. The fourth-order valence-electron chi connectivity index (χ4n) is 2.51. The van der Waals surface area contributed by atoms with E-state index in [4.69, 9.17) is 0 Å². The predicted molar refractivity (Wildman–Crippen MR) is 91.9 cm³/mol. The minimum absolute atomic E-state index is 0.314. The lowest BCUT2D eigenvalue weighted by Gasteiger charge is -2.23. The molecule has 1 heterocycles. The molecular weight excluding hydrogens is 280 g/mol. The van der Waals surface area contributed by atoms with Gasteiger partial charge in [0.15, 0.2) is 0 Å². The summed E-state index contributed by atoms with van der Waals surface area (Å²) >= 11 is 1.78. The predicted octanol–water partition coefficient (Wildman–Crippen LogP) is 3.65. The molecule has 1 amide bonds. The molecule has 0 fully saturated rings. The van der Waals surface area contributed by atoms with Gasteiger partial charge in [0.2, 0.25) is 5.91 Å². The summed E-state index contributed by atoms with van der Waals surface area (Å²) in [5.74, 6) is 0.314. The first-order valence-electron chi connectivity index (χ1n) is 8.23. The number of amides is 1. The molecule has 0 spiro atoms. The molecule has 0 atom stereocenters. The third kappa shape index (κ3) is 7.09. The zero-order chi connectivity index (χ0) is 15.5. The Morgan fingerprint density at radius 3 is 2.43 bits per heavy atom. The number of carbonyl (C=O) groups is 1. The lowest BCUT2D eigenvalue weighted by Crippen LogP contribution is -2.34. The van der Waals surface area contributed by atoms with Gasteiger partial charge in [-0.1, -0.05) is 19.9 Å². The highest BCUT2D eigenvalue weighted by atomic mass is 32.1. The minimum atomic E-state index is 0.314. The number of carbonyl (C=O) groups excluding carboxylic acids is 1. The monoisotopic (exact) mass is 310 g/mol. The van der Waals surface area contributed by atoms with Crippen molar-refractivity contribution < 1.29 is 4.79 Å². The van der Waals surface area contributed by atoms with Crippen molar-refractivity contribution in [2.24, 2.45) is 0 Å². The average molecular weight is 311 g/mol. The summed E-state index contributed by atoms with van der Waals surface area (Å²) in [6, 6.07) is 4.23. The highest BCUT2D eigenvalue weighted by Crippen LogP contribution is 2.12. The minimum Gasteiger partial charge on any atom is -0.343 e. The SMILES string of the molecule is CCN(CC)CCCN(CC)C(=O)CCCc1cccs1. The van der Waals surface area contributed by atoms with Crippen molar-refractivity contribution in [3.05, 3.63) is 22.4 Å². The van der Waals surface area contributed by atoms with Gasteiger partial charge in [0.05, 0.1) is 0 Å². The maximum Gasteiger partial charge on any atom is 0.222 e. The highest BCUT2D eigenvalue weighted by Gasteiger charge is 2.11. The molecule has 0 radical (unpaired) electrons. The van der Waals surface area contributed by atoms with E-state index in [1.54, 1.807) is 11.3 Å². The van der Waals surface area contributed by atoms with Crippen LogP contribution in [0.25, 0.3) is 0 Å². The van der Waals surface area contributed by atoms with E-state index < -0.39 is 0 Å². The normalized spacial score (nSPS) is 11.0. The summed E-state index contributed by atoms with van der Waals surface area (Å²) < 4.78 is 0. The highest BCUT2D eigenvalue weighted by molar-refractivity contribution is 7.09. The Balaban J connectivity index is 2.22. The Labute approximate surface area is 133 Å². The number of aryl methyl sites for hydroxylation is 1. The smallest absolute Gasteiger partial charge is 0.222 e. The summed E-state index contributed by atoms with van der Waals surface area (Å²) in [5.41, 5.74) is 0. The molecule has 0 unspecified atom stereocenters. The molecule has 120 valence electrons. The second-order valence-corrected chi connectivity index (χ2v) is 6.32. The van der Waals surface area contributed by atoms with Crippen molar-refractivity contribution in [3.8, 4) is 0 Å². The summed E-state index contributed by atoms with van der Waals surface area (Å²) in [7, 11) is 0. The van der Waals surface area contributed by atoms with E-state index in [0.717, 1.165) is 52.0 Å². The van der Waals surface area contributed by atoms with Crippen LogP contribution in [-0.2, 0) is 11.2 Å². The molecule has 1 aromatic heterocycles. The fraction of sp³-hybridized carbons (Fsp3) is 0.706. The second-order valence-electron chi connectivity index (χ2n) is 5.29. The Morgan fingerprint density at radius 1 is 1.10 bits per heavy atom. The van der Waals surface area contributed by atoms with Crippen molar-refractivity contribution in [1.82, 2.24) is 9.80 Å². The van der Waals surface area contributed by atoms with Crippen LogP contribution in [0, 0.1) is 0 Å². The second kappa shape index (κ2) is 10.8. The molecule has 0 aliphatic heterocycles. The quantitative estimate of drug-likeness (QED) is 0.623. The molecule has 0 saturated carbocycles. The number of hydrogen-bond donors (Lipinski definition) is 0. The number of hydrogen-bond acceptors (Lipinski definition) is 3. The van der Waals surface area contributed by atoms with E-state index in [1.165, 1.54) is 4.88 Å². The van der Waals surface area contributed by atoms with Gasteiger partial charge < -0.3 is 9.80 Å². The first-order valence-corrected chi connectivity index (χ1v) is 9.11. The third-order valence-electron chi connectivity index (χ3n) is 3.93. The van der Waals surface area contributed by atoms with Gasteiger partial charge in [0.25, 0.3) is 0 Å². The molecule has 0 aliphatic rings. The largest absolute Gasteiger partial charge is 0.343 e. The van der Waals surface area contributed by atoms with Gasteiger partial charge in [-0.2, -0.15) is 0 Å². The molecule has 3 nitrogen and oxygen atoms in total. The zero-order valence-electron chi connectivity index (χ0n) is 13.8. The molecule has 1 rings (SSSR count). The Hall–Kier alpha value is -0.870. The summed E-state index contributed by atoms with van der Waals surface area (Å²) in [4.78, 5) is 18.0. The molecule has 0 N–H and O–H groups in total. The van der Waals surface area contributed by atoms with Gasteiger partial charge in [0.1, 0.15) is 0 Å². The van der Waals surface area contributed by atoms with E-state index in [1.807, 2.05) is 4.90 Å². The van der Waals surface area contributed by atoms with E-state index in [2.05, 4.69) is 43.2 Å². The number of thiophene rings is 1. The van der Waals surface area contributed by atoms with Gasteiger partial charge in [-0.25, -0.2) is 0 Å². The third-order valence-corrected chi connectivity index (χ3v) is 4.86. The summed E-state index contributed by atoms with van der Waals surface area (Å²) in [6.45, 7) is 11.5. The molecule has 4 heteroatoms. The first-order chi connectivity index (χ1) is 10.2. The molecule has 0 saturated heterocycles. The van der Waals surface area contributed by atoms with Gasteiger partial charge in [-0.05, 0) is 57.3 Å². The van der Waals surface area contributed by atoms with Crippen molar-refractivity contribution in [2.75, 3.05) is 32.7 Å². The van der Waals surface area contributed by atoms with Crippen molar-refractivity contribution in [2.45, 2.75) is 46.5 Å². The van der Waals surface area contributed by atoms with Crippen LogP contribution in [0.4, 0.5) is 0 Å². The van der Waals surface area contributed by atoms with Crippen molar-refractivity contribution in [3.63, 3.8) is 0 Å². The fourth-order valence-corrected chi connectivity index (χ4v) is 3.26. The van der Waals surface area contributed by atoms with Crippen LogP contribution in [0.15, 0.2) is 17.5 Å². The lowest BCUT2D eigenvalue weighted by molar-refractivity contribution is -0.131. The molecule has 0 aliphatic carbocycles. The Kier molecular flexibility index (Phi) is 9.35. The van der Waals surface area contributed by atoms with Crippen LogP contribution >= 0.6 is 11.3 Å². The maximum atomic E-state index is 12.2. The van der Waals surface area contributed by atoms with E-state index in [9.17, 15) is 4.79 Å². The van der Waals surface area contributed by atoms with Gasteiger partial charge in [0, 0.05) is 24.4 Å². The van der Waals surface area contributed by atoms with Crippen LogP contribution in [0.2, 0.25) is 0 Å². The van der Waals surface area contributed by atoms with Gasteiger partial charge in [-0.3, -0.25) is 4.79 Å². The van der Waals surface area contributed by atoms with Crippen molar-refractivity contribution in [1.29, 1.82) is 0 Å². The van der Waals surface area contributed by atoms with Crippen LogP contribution in [0.3, 0.4) is 0 Å². The van der Waals surface area contributed by atoms with E-state index in [-0.39, 0.29) is 0 Å². The molecule has 1 aromatic rings. The Bertz CT molecular complexity index is 374. The molecule has 21 heavy (non-hydrogen) atoms. The maximum absolute atomic E-state index is 12.2. The summed E-state index contributed by atoms with van der Waals surface area (Å²) in [6.07, 6.45) is 3.75. The van der Waals surface area contributed by atoms with Crippen LogP contribution in [0.1, 0.15) is 44.9 Å². The number of nitrogens with zero attached hydrogens (tertiary/aromatic N) is 2. The van der Waals surface area contributed by atoms with E-state index in [0.29, 0.717) is 12.3 Å².